The first-order valence-corrected chi connectivity index (χ1v) is 14.4. The van der Waals surface area contributed by atoms with Gasteiger partial charge in [-0.1, -0.05) is 31.2 Å². The van der Waals surface area contributed by atoms with E-state index < -0.39 is 0 Å². The molecule has 0 radical (unpaired) electrons. The van der Waals surface area contributed by atoms with E-state index in [1.54, 1.807) is 0 Å². The van der Waals surface area contributed by atoms with Crippen molar-refractivity contribution >= 4 is 35.5 Å². The normalized spacial score (nSPS) is 34.6. The van der Waals surface area contributed by atoms with Gasteiger partial charge >= 0.3 is 0 Å². The van der Waals surface area contributed by atoms with Crippen LogP contribution in [0.15, 0.2) is 66.3 Å². The minimum Gasteiger partial charge on any atom is -0.352 e. The highest BCUT2D eigenvalue weighted by Crippen LogP contribution is 2.63. The molecule has 4 atom stereocenters. The fraction of sp³-hybridized carbons (Fsp3) is 0.484. The molecule has 5 aliphatic carbocycles. The van der Waals surface area contributed by atoms with Crippen LogP contribution in [0.25, 0.3) is 25.1 Å². The van der Waals surface area contributed by atoms with Crippen molar-refractivity contribution in [1.29, 1.82) is 0 Å². The molecule has 0 aliphatic heterocycles. The summed E-state index contributed by atoms with van der Waals surface area (Å²) in [6.07, 6.45) is 13.8. The zero-order valence-corrected chi connectivity index (χ0v) is 21.2. The van der Waals surface area contributed by atoms with E-state index in [2.05, 4.69) is 74.5 Å². The zero-order valence-electron chi connectivity index (χ0n) is 20.3. The van der Waals surface area contributed by atoms with Crippen LogP contribution < -0.4 is 0 Å². The average molecular weight is 472 g/mol. The minimum atomic E-state index is -0.0345. The number of thiophene rings is 1. The maximum Gasteiger partial charge on any atom is 0.187 e. The number of benzene rings is 2. The van der Waals surface area contributed by atoms with Crippen LogP contribution in [0.4, 0.5) is 0 Å². The third-order valence-electron chi connectivity index (χ3n) is 9.25. The highest BCUT2D eigenvalue weighted by Gasteiger charge is 2.54. The van der Waals surface area contributed by atoms with Crippen molar-refractivity contribution in [1.82, 2.24) is 0 Å². The Kier molecular flexibility index (Phi) is 5.05. The van der Waals surface area contributed by atoms with Crippen LogP contribution in [-0.4, -0.2) is 19.0 Å². The van der Waals surface area contributed by atoms with E-state index in [1.807, 2.05) is 0 Å². The Hall–Kier alpha value is -1.94. The van der Waals surface area contributed by atoms with Gasteiger partial charge in [0.2, 0.25) is 0 Å². The summed E-state index contributed by atoms with van der Waals surface area (Å²) in [4.78, 5) is 1.43. The van der Waals surface area contributed by atoms with E-state index in [1.165, 1.54) is 69.2 Å². The van der Waals surface area contributed by atoms with Gasteiger partial charge in [-0.2, -0.15) is 0 Å². The van der Waals surface area contributed by atoms with E-state index in [9.17, 15) is 0 Å². The highest BCUT2D eigenvalue weighted by atomic mass is 32.2. The molecule has 3 heteroatoms. The summed E-state index contributed by atoms with van der Waals surface area (Å²) in [5.74, 6) is 2.11. The summed E-state index contributed by atoms with van der Waals surface area (Å²) in [6.45, 7) is 4.97. The third-order valence-corrected chi connectivity index (χ3v) is 11.6. The van der Waals surface area contributed by atoms with Gasteiger partial charge in [0.25, 0.3) is 0 Å². The lowest BCUT2D eigenvalue weighted by Gasteiger charge is -2.60. The summed E-state index contributed by atoms with van der Waals surface area (Å²) < 4.78 is 15.7. The molecule has 4 fully saturated rings. The predicted octanol–water partition coefficient (Wildman–Crippen LogP) is 8.51. The largest absolute Gasteiger partial charge is 0.352 e. The molecule has 34 heavy (non-hydrogen) atoms. The van der Waals surface area contributed by atoms with E-state index in [-0.39, 0.29) is 16.6 Å². The highest BCUT2D eigenvalue weighted by molar-refractivity contribution is 7.54. The van der Waals surface area contributed by atoms with Crippen molar-refractivity contribution in [3.05, 3.63) is 66.3 Å². The lowest BCUT2D eigenvalue weighted by molar-refractivity contribution is -0.182. The SMILES string of the molecule is CC1=CC([s+]2c3ccccc3c3ccccc32)=CC(C)C1OCOC1CCC23CC(CC1C2)C3. The maximum absolute atomic E-state index is 6.40. The van der Waals surface area contributed by atoms with Crippen LogP contribution in [0, 0.1) is 23.2 Å². The van der Waals surface area contributed by atoms with Gasteiger partial charge < -0.3 is 9.47 Å². The topological polar surface area (TPSA) is 18.5 Å². The number of allylic oxidation sites excluding steroid dienone is 2. The van der Waals surface area contributed by atoms with Crippen molar-refractivity contribution in [2.24, 2.45) is 23.2 Å². The molecular weight excluding hydrogens is 436 g/mol. The van der Waals surface area contributed by atoms with Crippen molar-refractivity contribution in [2.75, 3.05) is 6.79 Å². The van der Waals surface area contributed by atoms with Crippen LogP contribution in [0.5, 0.6) is 0 Å². The Bertz CT molecular complexity index is 1250. The Morgan fingerprint density at radius 3 is 2.35 bits per heavy atom. The monoisotopic (exact) mass is 471 g/mol. The van der Waals surface area contributed by atoms with E-state index >= 15 is 0 Å². The molecule has 3 bridgehead atoms. The first kappa shape index (κ1) is 21.4. The second kappa shape index (κ2) is 8.05. The van der Waals surface area contributed by atoms with Crippen molar-refractivity contribution in [3.63, 3.8) is 0 Å². The maximum atomic E-state index is 6.40. The summed E-state index contributed by atoms with van der Waals surface area (Å²) in [6, 6.07) is 17.9. The molecule has 4 unspecified atom stereocenters. The Labute approximate surface area is 205 Å². The molecule has 4 saturated carbocycles. The fourth-order valence-corrected chi connectivity index (χ4v) is 10.5. The van der Waals surface area contributed by atoms with Gasteiger partial charge in [-0.3, -0.25) is 0 Å². The van der Waals surface area contributed by atoms with Gasteiger partial charge in [0.05, 0.1) is 12.2 Å². The smallest absolute Gasteiger partial charge is 0.187 e. The minimum absolute atomic E-state index is 0.0345. The standard InChI is InChI=1S/C31H35O2S/c1-20-13-24(34-28-9-5-3-7-25(28)26-8-4-6-10-29(26)34)14-21(2)30(20)33-19-32-27-11-12-31-16-22(17-31)15-23(27)18-31/h3-10,13-14,20,22-23,27,30H,11-12,15-19H2,1-2H3/q+1. The van der Waals surface area contributed by atoms with E-state index in [0.717, 1.165) is 11.8 Å². The summed E-state index contributed by atoms with van der Waals surface area (Å²) in [5, 5.41) is 2.78. The molecule has 1 aromatic heterocycles. The number of ether oxygens (including phenoxy) is 2. The fourth-order valence-electron chi connectivity index (χ4n) is 7.89. The molecule has 0 N–H and O–H groups in total. The molecule has 2 aromatic carbocycles. The lowest BCUT2D eigenvalue weighted by Crippen LogP contribution is -2.52. The molecule has 3 aromatic rings. The molecule has 1 heterocycles. The van der Waals surface area contributed by atoms with Gasteiger partial charge in [-0.25, -0.2) is 0 Å². The predicted molar refractivity (Wildman–Crippen MR) is 143 cm³/mol. The average Bonchev–Trinajstić information content (AvgIpc) is 3.16. The van der Waals surface area contributed by atoms with E-state index in [4.69, 9.17) is 9.47 Å². The lowest BCUT2D eigenvalue weighted by atomic mass is 9.46. The molecule has 5 aliphatic rings. The number of hydrogen-bond acceptors (Lipinski definition) is 2. The van der Waals surface area contributed by atoms with Gasteiger partial charge in [0.15, 0.2) is 14.3 Å². The molecule has 176 valence electrons. The molecule has 8 rings (SSSR count). The molecule has 0 amide bonds. The Morgan fingerprint density at radius 2 is 1.65 bits per heavy atom. The van der Waals surface area contributed by atoms with Crippen molar-refractivity contribution in [3.8, 4) is 0 Å². The number of rotatable bonds is 5. The van der Waals surface area contributed by atoms with Crippen LogP contribution in [0.3, 0.4) is 0 Å². The first-order valence-electron chi connectivity index (χ1n) is 13.2. The molecule has 2 nitrogen and oxygen atoms in total. The molecular formula is C31H35O2S+. The van der Waals surface area contributed by atoms with Crippen LogP contribution >= 0.6 is 10.5 Å². The quantitative estimate of drug-likeness (QED) is 0.274. The number of fused-ring (bicyclic) bond motifs is 3. The van der Waals surface area contributed by atoms with Gasteiger partial charge in [0.1, 0.15) is 6.79 Å². The number of hydrogen-bond donors (Lipinski definition) is 0. The second-order valence-corrected chi connectivity index (χ2v) is 13.5. The van der Waals surface area contributed by atoms with Crippen LogP contribution in [-0.2, 0) is 9.47 Å². The van der Waals surface area contributed by atoms with Crippen molar-refractivity contribution in [2.45, 2.75) is 64.6 Å². The van der Waals surface area contributed by atoms with Gasteiger partial charge in [-0.15, -0.1) is 0 Å². The molecule has 1 spiro atoms. The van der Waals surface area contributed by atoms with Gasteiger partial charge in [-0.05, 0) is 105 Å². The first-order chi connectivity index (χ1) is 16.6. The van der Waals surface area contributed by atoms with Crippen molar-refractivity contribution < 1.29 is 9.47 Å². The van der Waals surface area contributed by atoms with E-state index in [0.29, 0.717) is 24.2 Å². The Balaban J connectivity index is 1.08. The third kappa shape index (κ3) is 3.35. The Morgan fingerprint density at radius 1 is 0.941 bits per heavy atom. The van der Waals surface area contributed by atoms with Crippen LogP contribution in [0.2, 0.25) is 0 Å². The zero-order chi connectivity index (χ0) is 22.9. The summed E-state index contributed by atoms with van der Waals surface area (Å²) in [7, 11) is -0.0345. The van der Waals surface area contributed by atoms with Gasteiger partial charge in [0, 0.05) is 27.2 Å². The summed E-state index contributed by atoms with van der Waals surface area (Å²) >= 11 is 0. The molecule has 0 saturated heterocycles. The summed E-state index contributed by atoms with van der Waals surface area (Å²) in [5.41, 5.74) is 2.04. The van der Waals surface area contributed by atoms with Crippen LogP contribution in [0.1, 0.15) is 52.4 Å². The second-order valence-electron chi connectivity index (χ2n) is 11.5.